The Morgan fingerprint density at radius 2 is 2.17 bits per heavy atom. The number of hydrogen-bond donors (Lipinski definition) is 0. The Hall–Kier alpha value is -1.61. The van der Waals surface area contributed by atoms with Crippen LogP contribution in [0.5, 0.6) is 11.5 Å². The Labute approximate surface area is 111 Å². The molecule has 0 spiro atoms. The lowest BCUT2D eigenvalue weighted by molar-refractivity contribution is 0.112. The average Bonchev–Trinajstić information content (AvgIpc) is 2.86. The number of thiophene rings is 1. The molecular weight excluding hydrogens is 244 g/mol. The van der Waals surface area contributed by atoms with Crippen LogP contribution in [-0.4, -0.2) is 6.29 Å². The summed E-state index contributed by atoms with van der Waals surface area (Å²) in [6.07, 6.45) is 1.92. The van der Waals surface area contributed by atoms with E-state index in [-0.39, 0.29) is 0 Å². The maximum atomic E-state index is 10.6. The van der Waals surface area contributed by atoms with Crippen molar-refractivity contribution in [3.63, 3.8) is 0 Å². The summed E-state index contributed by atoms with van der Waals surface area (Å²) in [5.41, 5.74) is 1.21. The molecule has 0 radical (unpaired) electrons. The van der Waals surface area contributed by atoms with E-state index in [2.05, 4.69) is 19.9 Å². The van der Waals surface area contributed by atoms with Gasteiger partial charge in [0.2, 0.25) is 0 Å². The molecule has 0 aliphatic rings. The minimum atomic E-state index is 0.463. The van der Waals surface area contributed by atoms with Crippen LogP contribution in [0.25, 0.3) is 0 Å². The minimum Gasteiger partial charge on any atom is -0.456 e. The number of aldehydes is 1. The van der Waals surface area contributed by atoms with Crippen LogP contribution in [0.2, 0.25) is 0 Å². The lowest BCUT2D eigenvalue weighted by Gasteiger charge is -2.14. The zero-order valence-corrected chi connectivity index (χ0v) is 11.4. The van der Waals surface area contributed by atoms with Crippen LogP contribution >= 0.6 is 11.3 Å². The zero-order chi connectivity index (χ0) is 13.0. The van der Waals surface area contributed by atoms with Crippen LogP contribution in [0.3, 0.4) is 0 Å². The molecule has 0 bridgehead atoms. The van der Waals surface area contributed by atoms with Gasteiger partial charge >= 0.3 is 0 Å². The Balaban J connectivity index is 2.25. The number of hydrogen-bond acceptors (Lipinski definition) is 3. The number of carbonyl (C=O) groups excluding carboxylic acids is 1. The highest BCUT2D eigenvalue weighted by Gasteiger charge is 2.10. The van der Waals surface area contributed by atoms with Crippen molar-refractivity contribution < 1.29 is 9.53 Å². The van der Waals surface area contributed by atoms with Crippen molar-refractivity contribution in [1.29, 1.82) is 0 Å². The Morgan fingerprint density at radius 3 is 2.83 bits per heavy atom. The van der Waals surface area contributed by atoms with Gasteiger partial charge in [-0.2, -0.15) is 0 Å². The van der Waals surface area contributed by atoms with Gasteiger partial charge in [0.1, 0.15) is 11.5 Å². The predicted molar refractivity (Wildman–Crippen MR) is 74.9 cm³/mol. The van der Waals surface area contributed by atoms with Gasteiger partial charge in [-0.25, -0.2) is 0 Å². The molecule has 1 aromatic carbocycles. The van der Waals surface area contributed by atoms with Gasteiger partial charge in [-0.15, -0.1) is 11.3 Å². The molecule has 0 fully saturated rings. The van der Waals surface area contributed by atoms with Crippen LogP contribution in [-0.2, 0) is 0 Å². The van der Waals surface area contributed by atoms with Crippen molar-refractivity contribution in [3.05, 3.63) is 46.2 Å². The second-order valence-electron chi connectivity index (χ2n) is 4.25. The third-order valence-corrected chi connectivity index (χ3v) is 3.84. The van der Waals surface area contributed by atoms with Crippen molar-refractivity contribution in [1.82, 2.24) is 0 Å². The van der Waals surface area contributed by atoms with E-state index in [1.54, 1.807) is 6.07 Å². The monoisotopic (exact) mass is 260 g/mol. The maximum Gasteiger partial charge on any atom is 0.160 e. The SMILES string of the molecule is CCC(C)c1ccccc1Oc1csc(C=O)c1. The van der Waals surface area contributed by atoms with Crippen molar-refractivity contribution in [3.8, 4) is 11.5 Å². The second-order valence-corrected chi connectivity index (χ2v) is 5.19. The smallest absolute Gasteiger partial charge is 0.160 e. The third kappa shape index (κ3) is 2.79. The molecular formula is C15H16O2S. The lowest BCUT2D eigenvalue weighted by Crippen LogP contribution is -1.95. The lowest BCUT2D eigenvalue weighted by atomic mass is 9.98. The molecule has 1 unspecified atom stereocenters. The standard InChI is InChI=1S/C15H16O2S/c1-3-11(2)14-6-4-5-7-15(14)17-12-8-13(9-16)18-10-12/h4-11H,3H2,1-2H3. The average molecular weight is 260 g/mol. The first kappa shape index (κ1) is 12.8. The predicted octanol–water partition coefficient (Wildman–Crippen LogP) is 4.87. The van der Waals surface area contributed by atoms with Gasteiger partial charge in [-0.3, -0.25) is 4.79 Å². The van der Waals surface area contributed by atoms with Crippen molar-refractivity contribution in [2.45, 2.75) is 26.2 Å². The molecule has 0 aliphatic carbocycles. The van der Waals surface area contributed by atoms with Gasteiger partial charge in [-0.1, -0.05) is 32.0 Å². The zero-order valence-electron chi connectivity index (χ0n) is 10.6. The third-order valence-electron chi connectivity index (χ3n) is 3.00. The largest absolute Gasteiger partial charge is 0.456 e. The van der Waals surface area contributed by atoms with E-state index in [4.69, 9.17) is 4.74 Å². The molecule has 94 valence electrons. The number of benzene rings is 1. The van der Waals surface area contributed by atoms with Crippen LogP contribution in [0.15, 0.2) is 35.7 Å². The molecule has 0 N–H and O–H groups in total. The van der Waals surface area contributed by atoms with Crippen LogP contribution < -0.4 is 4.74 Å². The van der Waals surface area contributed by atoms with E-state index in [0.717, 1.165) is 24.2 Å². The molecule has 1 heterocycles. The fraction of sp³-hybridized carbons (Fsp3) is 0.267. The first-order valence-corrected chi connectivity index (χ1v) is 6.93. The molecule has 1 aromatic heterocycles. The van der Waals surface area contributed by atoms with Crippen LogP contribution in [0, 0.1) is 0 Å². The summed E-state index contributed by atoms with van der Waals surface area (Å²) >= 11 is 1.40. The summed E-state index contributed by atoms with van der Waals surface area (Å²) < 4.78 is 5.87. The summed E-state index contributed by atoms with van der Waals surface area (Å²) in [6, 6.07) is 9.83. The highest BCUT2D eigenvalue weighted by Crippen LogP contribution is 2.33. The Kier molecular flexibility index (Phi) is 4.15. The van der Waals surface area contributed by atoms with Crippen molar-refractivity contribution in [2.75, 3.05) is 0 Å². The number of rotatable bonds is 5. The van der Waals surface area contributed by atoms with E-state index in [0.29, 0.717) is 10.8 Å². The van der Waals surface area contributed by atoms with E-state index in [1.165, 1.54) is 16.9 Å². The number of para-hydroxylation sites is 1. The molecule has 0 aliphatic heterocycles. The Bertz CT molecular complexity index is 531. The first-order chi connectivity index (χ1) is 8.74. The second kappa shape index (κ2) is 5.83. The summed E-state index contributed by atoms with van der Waals surface area (Å²) in [5, 5.41) is 1.86. The van der Waals surface area contributed by atoms with Gasteiger partial charge in [-0.05, 0) is 24.0 Å². The molecule has 1 atom stereocenters. The van der Waals surface area contributed by atoms with E-state index in [9.17, 15) is 4.79 Å². The fourth-order valence-corrected chi connectivity index (χ4v) is 2.39. The topological polar surface area (TPSA) is 26.3 Å². The highest BCUT2D eigenvalue weighted by molar-refractivity contribution is 7.11. The van der Waals surface area contributed by atoms with Gasteiger partial charge in [0.25, 0.3) is 0 Å². The summed E-state index contributed by atoms with van der Waals surface area (Å²) in [4.78, 5) is 11.3. The molecule has 0 saturated heterocycles. The normalized spacial score (nSPS) is 12.1. The molecule has 3 heteroatoms. The molecule has 2 aromatic rings. The fourth-order valence-electron chi connectivity index (χ4n) is 1.78. The van der Waals surface area contributed by atoms with Crippen LogP contribution in [0.4, 0.5) is 0 Å². The Morgan fingerprint density at radius 1 is 1.39 bits per heavy atom. The highest BCUT2D eigenvalue weighted by atomic mass is 32.1. The van der Waals surface area contributed by atoms with Gasteiger partial charge < -0.3 is 4.74 Å². The van der Waals surface area contributed by atoms with Crippen molar-refractivity contribution >= 4 is 17.6 Å². The molecule has 0 amide bonds. The summed E-state index contributed by atoms with van der Waals surface area (Å²) in [7, 11) is 0. The van der Waals surface area contributed by atoms with E-state index >= 15 is 0 Å². The van der Waals surface area contributed by atoms with Crippen molar-refractivity contribution in [2.24, 2.45) is 0 Å². The number of ether oxygens (including phenoxy) is 1. The molecule has 18 heavy (non-hydrogen) atoms. The molecule has 2 rings (SSSR count). The quantitative estimate of drug-likeness (QED) is 0.717. The minimum absolute atomic E-state index is 0.463. The van der Waals surface area contributed by atoms with E-state index < -0.39 is 0 Å². The number of carbonyl (C=O) groups is 1. The van der Waals surface area contributed by atoms with Gasteiger partial charge in [0.05, 0.1) is 4.88 Å². The van der Waals surface area contributed by atoms with Gasteiger partial charge in [0, 0.05) is 11.4 Å². The molecule has 0 saturated carbocycles. The first-order valence-electron chi connectivity index (χ1n) is 6.05. The van der Waals surface area contributed by atoms with Crippen LogP contribution in [0.1, 0.15) is 41.4 Å². The summed E-state index contributed by atoms with van der Waals surface area (Å²) in [5.74, 6) is 2.07. The maximum absolute atomic E-state index is 10.6. The summed E-state index contributed by atoms with van der Waals surface area (Å²) in [6.45, 7) is 4.35. The van der Waals surface area contributed by atoms with E-state index in [1.807, 2.05) is 23.6 Å². The van der Waals surface area contributed by atoms with Gasteiger partial charge in [0.15, 0.2) is 6.29 Å². The molecule has 2 nitrogen and oxygen atoms in total.